The van der Waals surface area contributed by atoms with E-state index in [0.717, 1.165) is 43.9 Å². The fourth-order valence-corrected chi connectivity index (χ4v) is 3.82. The van der Waals surface area contributed by atoms with E-state index in [4.69, 9.17) is 0 Å². The summed E-state index contributed by atoms with van der Waals surface area (Å²) < 4.78 is 0. The highest BCUT2D eigenvalue weighted by atomic mass is 16.3. The van der Waals surface area contributed by atoms with Gasteiger partial charge in [-0.2, -0.15) is 0 Å². The molecule has 0 saturated carbocycles. The number of rotatable bonds is 8. The number of hydrogen-bond acceptors (Lipinski definition) is 5. The lowest BCUT2D eigenvalue weighted by Crippen LogP contribution is -2.52. The van der Waals surface area contributed by atoms with Crippen molar-refractivity contribution in [1.29, 1.82) is 0 Å². The number of carbonyl (C=O) groups excluding carboxylic acids is 2. The van der Waals surface area contributed by atoms with Crippen LogP contribution < -0.4 is 0 Å². The predicted octanol–water partition coefficient (Wildman–Crippen LogP) is 1.66. The number of ketones is 2. The van der Waals surface area contributed by atoms with Gasteiger partial charge in [-0.05, 0) is 32.3 Å². The highest BCUT2D eigenvalue weighted by Crippen LogP contribution is 2.21. The molecule has 0 aromatic carbocycles. The van der Waals surface area contributed by atoms with Crippen molar-refractivity contribution in [3.8, 4) is 0 Å². The third-order valence-corrected chi connectivity index (χ3v) is 5.25. The van der Waals surface area contributed by atoms with Crippen LogP contribution in [-0.4, -0.2) is 76.8 Å². The first-order valence-electron chi connectivity index (χ1n) is 9.25. The van der Waals surface area contributed by atoms with Gasteiger partial charge in [0, 0.05) is 43.5 Å². The van der Waals surface area contributed by atoms with Crippen LogP contribution in [0.15, 0.2) is 0 Å². The summed E-state index contributed by atoms with van der Waals surface area (Å²) in [6.07, 6.45) is 1.60. The van der Waals surface area contributed by atoms with Crippen LogP contribution in [0.3, 0.4) is 0 Å². The molecule has 1 aliphatic heterocycles. The number of nitrogens with one attached hydrogen (secondary N) is 1. The number of aromatic nitrogens is 1. The molecular weight excluding hydrogens is 318 g/mol. The maximum Gasteiger partial charge on any atom is 0.193 e. The Labute approximate surface area is 150 Å². The number of aromatic amines is 1. The molecule has 0 aliphatic carbocycles. The van der Waals surface area contributed by atoms with Crippen LogP contribution in [0.25, 0.3) is 0 Å². The zero-order chi connectivity index (χ0) is 18.6. The van der Waals surface area contributed by atoms with E-state index < -0.39 is 0 Å². The van der Waals surface area contributed by atoms with Crippen LogP contribution >= 0.6 is 0 Å². The maximum absolute atomic E-state index is 12.8. The highest BCUT2D eigenvalue weighted by molar-refractivity contribution is 6.04. The van der Waals surface area contributed by atoms with Crippen LogP contribution in [0.2, 0.25) is 0 Å². The van der Waals surface area contributed by atoms with E-state index in [1.54, 1.807) is 6.92 Å². The monoisotopic (exact) mass is 349 g/mol. The van der Waals surface area contributed by atoms with Gasteiger partial charge in [-0.15, -0.1) is 0 Å². The molecule has 6 heteroatoms. The molecule has 1 atom stereocenters. The summed E-state index contributed by atoms with van der Waals surface area (Å²) in [5.74, 6) is 0.0583. The molecule has 2 N–H and O–H groups in total. The van der Waals surface area contributed by atoms with E-state index in [2.05, 4.69) is 21.7 Å². The number of nitrogens with zero attached hydrogens (tertiary/aromatic N) is 2. The molecule has 1 aromatic rings. The molecule has 2 heterocycles. The second-order valence-corrected chi connectivity index (χ2v) is 6.87. The molecule has 1 aliphatic rings. The lowest BCUT2D eigenvalue weighted by molar-refractivity contribution is 0.0589. The van der Waals surface area contributed by atoms with Crippen molar-refractivity contribution in [3.63, 3.8) is 0 Å². The van der Waals surface area contributed by atoms with Crippen LogP contribution in [0.4, 0.5) is 0 Å². The average molecular weight is 349 g/mol. The fraction of sp³-hybridized carbons (Fsp3) is 0.684. The Morgan fingerprint density at radius 1 is 1.20 bits per heavy atom. The van der Waals surface area contributed by atoms with Gasteiger partial charge >= 0.3 is 0 Å². The maximum atomic E-state index is 12.8. The van der Waals surface area contributed by atoms with Crippen LogP contribution in [0, 0.1) is 6.92 Å². The molecule has 140 valence electrons. The number of Topliss-reactive ketones (excluding diaryl/α,β-unsaturated/α-hetero) is 2. The third-order valence-electron chi connectivity index (χ3n) is 5.25. The summed E-state index contributed by atoms with van der Waals surface area (Å²) in [5, 5.41) is 9.43. The molecule has 1 fully saturated rings. The van der Waals surface area contributed by atoms with E-state index in [1.165, 1.54) is 0 Å². The van der Waals surface area contributed by atoms with Gasteiger partial charge in [0.2, 0.25) is 0 Å². The van der Waals surface area contributed by atoms with Crippen LogP contribution in [0.1, 0.15) is 59.3 Å². The Kier molecular flexibility index (Phi) is 6.93. The lowest BCUT2D eigenvalue weighted by Gasteiger charge is -2.38. The van der Waals surface area contributed by atoms with Gasteiger partial charge in [0.1, 0.15) is 0 Å². The van der Waals surface area contributed by atoms with Crippen molar-refractivity contribution >= 4 is 11.6 Å². The van der Waals surface area contributed by atoms with Crippen molar-refractivity contribution in [2.24, 2.45) is 0 Å². The Balaban J connectivity index is 2.02. The minimum absolute atomic E-state index is 0.00729. The topological polar surface area (TPSA) is 76.6 Å². The van der Waals surface area contributed by atoms with Crippen molar-refractivity contribution in [2.45, 2.75) is 46.6 Å². The number of aliphatic hydroxyl groups is 1. The summed E-state index contributed by atoms with van der Waals surface area (Å²) in [6.45, 7) is 11.4. The third kappa shape index (κ3) is 4.37. The summed E-state index contributed by atoms with van der Waals surface area (Å²) in [5.41, 5.74) is 2.89. The van der Waals surface area contributed by atoms with E-state index in [0.29, 0.717) is 24.2 Å². The molecule has 1 aromatic heterocycles. The summed E-state index contributed by atoms with van der Waals surface area (Å²) in [4.78, 5) is 32.2. The molecular formula is C19H31N3O3. The van der Waals surface area contributed by atoms with Crippen molar-refractivity contribution in [1.82, 2.24) is 14.8 Å². The van der Waals surface area contributed by atoms with Gasteiger partial charge in [-0.3, -0.25) is 19.4 Å². The van der Waals surface area contributed by atoms with Gasteiger partial charge in [0.15, 0.2) is 11.6 Å². The smallest absolute Gasteiger partial charge is 0.193 e. The second-order valence-electron chi connectivity index (χ2n) is 6.87. The van der Waals surface area contributed by atoms with Gasteiger partial charge in [-0.25, -0.2) is 0 Å². The summed E-state index contributed by atoms with van der Waals surface area (Å²) >= 11 is 0. The molecule has 6 nitrogen and oxygen atoms in total. The summed E-state index contributed by atoms with van der Waals surface area (Å²) in [6, 6.07) is 0.216. The molecule has 2 rings (SSSR count). The summed E-state index contributed by atoms with van der Waals surface area (Å²) in [7, 11) is 0. The zero-order valence-electron chi connectivity index (χ0n) is 15.9. The SMILES string of the molecule is CCc1c(C(=O)CN2CCN(C(CC)CO)CC2)[nH]c(C)c1C(C)=O. The number of aliphatic hydroxyl groups excluding tert-OH is 1. The van der Waals surface area contributed by atoms with E-state index in [1.807, 2.05) is 13.8 Å². The standard InChI is InChI=1S/C19H31N3O3/c1-5-15(12-23)22-9-7-21(8-10-22)11-17(25)19-16(6-2)18(14(4)24)13(3)20-19/h15,20,23H,5-12H2,1-4H3. The Bertz CT molecular complexity index is 612. The average Bonchev–Trinajstić information content (AvgIpc) is 2.94. The number of aryl methyl sites for hydroxylation is 1. The molecule has 0 amide bonds. The molecule has 0 spiro atoms. The quantitative estimate of drug-likeness (QED) is 0.698. The largest absolute Gasteiger partial charge is 0.395 e. The molecule has 1 unspecified atom stereocenters. The molecule has 1 saturated heterocycles. The van der Waals surface area contributed by atoms with Crippen molar-refractivity contribution < 1.29 is 14.7 Å². The normalized spacial score (nSPS) is 17.6. The number of hydrogen-bond donors (Lipinski definition) is 2. The number of H-pyrrole nitrogens is 1. The number of carbonyl (C=O) groups is 2. The minimum Gasteiger partial charge on any atom is -0.395 e. The van der Waals surface area contributed by atoms with Crippen molar-refractivity contribution in [3.05, 3.63) is 22.5 Å². The van der Waals surface area contributed by atoms with Gasteiger partial charge in [-0.1, -0.05) is 13.8 Å². The van der Waals surface area contributed by atoms with E-state index >= 15 is 0 Å². The second kappa shape index (κ2) is 8.74. The van der Waals surface area contributed by atoms with E-state index in [9.17, 15) is 14.7 Å². The Hall–Kier alpha value is -1.50. The minimum atomic E-state index is 0.00729. The highest BCUT2D eigenvalue weighted by Gasteiger charge is 2.26. The Morgan fingerprint density at radius 3 is 2.32 bits per heavy atom. The molecule has 0 bridgehead atoms. The molecule has 25 heavy (non-hydrogen) atoms. The predicted molar refractivity (Wildman–Crippen MR) is 98.4 cm³/mol. The molecule has 0 radical (unpaired) electrons. The van der Waals surface area contributed by atoms with Crippen LogP contribution in [0.5, 0.6) is 0 Å². The lowest BCUT2D eigenvalue weighted by atomic mass is 10.0. The fourth-order valence-electron chi connectivity index (χ4n) is 3.82. The first kappa shape index (κ1) is 19.8. The van der Waals surface area contributed by atoms with Gasteiger partial charge < -0.3 is 10.1 Å². The Morgan fingerprint density at radius 2 is 1.84 bits per heavy atom. The first-order valence-corrected chi connectivity index (χ1v) is 9.25. The zero-order valence-corrected chi connectivity index (χ0v) is 15.9. The first-order chi connectivity index (χ1) is 11.9. The van der Waals surface area contributed by atoms with Gasteiger partial charge in [0.25, 0.3) is 0 Å². The van der Waals surface area contributed by atoms with Crippen molar-refractivity contribution in [2.75, 3.05) is 39.3 Å². The van der Waals surface area contributed by atoms with Crippen LogP contribution in [-0.2, 0) is 6.42 Å². The number of piperazine rings is 1. The van der Waals surface area contributed by atoms with E-state index in [-0.39, 0.29) is 24.2 Å². The van der Waals surface area contributed by atoms with Gasteiger partial charge in [0.05, 0.1) is 18.8 Å².